The van der Waals surface area contributed by atoms with Crippen molar-refractivity contribution < 1.29 is 0 Å². The Labute approximate surface area is 129 Å². The Kier molecular flexibility index (Phi) is 4.35. The predicted molar refractivity (Wildman–Crippen MR) is 80.6 cm³/mol. The van der Waals surface area contributed by atoms with E-state index in [4.69, 9.17) is 11.0 Å². The number of nitriles is 1. The van der Waals surface area contributed by atoms with Gasteiger partial charge in [-0.05, 0) is 48.6 Å². The number of rotatable bonds is 3. The number of aromatic nitrogens is 4. The van der Waals surface area contributed by atoms with Crippen LogP contribution in [0.4, 0.5) is 0 Å². The van der Waals surface area contributed by atoms with Gasteiger partial charge in [0.15, 0.2) is 0 Å². The zero-order valence-electron chi connectivity index (χ0n) is 12.3. The highest BCUT2D eigenvalue weighted by atomic mass is 14.9. The summed E-state index contributed by atoms with van der Waals surface area (Å²) >= 11 is 0. The van der Waals surface area contributed by atoms with E-state index in [0.717, 1.165) is 11.7 Å². The molecule has 0 unspecified atom stereocenters. The zero-order valence-corrected chi connectivity index (χ0v) is 12.3. The maximum atomic E-state index is 8.41. The molecule has 0 saturated heterocycles. The summed E-state index contributed by atoms with van der Waals surface area (Å²) in [7, 11) is 0. The van der Waals surface area contributed by atoms with Crippen molar-refractivity contribution in [1.29, 1.82) is 5.26 Å². The minimum Gasteiger partial charge on any atom is -0.324 e. The van der Waals surface area contributed by atoms with Crippen molar-refractivity contribution in [2.75, 3.05) is 0 Å². The van der Waals surface area contributed by atoms with Gasteiger partial charge < -0.3 is 5.73 Å². The van der Waals surface area contributed by atoms with Crippen LogP contribution < -0.4 is 5.73 Å². The third-order valence-electron chi connectivity index (χ3n) is 3.78. The van der Waals surface area contributed by atoms with E-state index >= 15 is 0 Å². The zero-order chi connectivity index (χ0) is 15.4. The fourth-order valence-corrected chi connectivity index (χ4v) is 2.12. The van der Waals surface area contributed by atoms with Gasteiger partial charge in [0.25, 0.3) is 0 Å². The summed E-state index contributed by atoms with van der Waals surface area (Å²) < 4.78 is 0. The van der Waals surface area contributed by atoms with Crippen LogP contribution in [0.5, 0.6) is 0 Å². The van der Waals surface area contributed by atoms with Gasteiger partial charge >= 0.3 is 0 Å². The molecule has 0 amide bonds. The molecule has 0 spiro atoms. The summed E-state index contributed by atoms with van der Waals surface area (Å²) in [4.78, 5) is 16.0. The molecule has 4 rings (SSSR count). The summed E-state index contributed by atoms with van der Waals surface area (Å²) in [5, 5.41) is 8.41. The molecule has 2 aromatic heterocycles. The van der Waals surface area contributed by atoms with Gasteiger partial charge in [-0.15, -0.1) is 0 Å². The lowest BCUT2D eigenvalue weighted by molar-refractivity contribution is 0.887. The van der Waals surface area contributed by atoms with E-state index in [-0.39, 0.29) is 5.82 Å². The first-order chi connectivity index (χ1) is 10.8. The van der Waals surface area contributed by atoms with Crippen LogP contribution in [0, 0.1) is 11.3 Å². The second-order valence-electron chi connectivity index (χ2n) is 5.64. The molecule has 2 heterocycles. The monoisotopic (exact) mass is 294 g/mol. The molecule has 112 valence electrons. The van der Waals surface area contributed by atoms with Gasteiger partial charge in [-0.25, -0.2) is 19.9 Å². The second kappa shape index (κ2) is 6.58. The van der Waals surface area contributed by atoms with Crippen LogP contribution in [0.2, 0.25) is 0 Å². The highest BCUT2D eigenvalue weighted by Gasteiger charge is 2.24. The maximum Gasteiger partial charge on any atom is 0.232 e. The first-order valence-electron chi connectivity index (χ1n) is 7.53. The Balaban J connectivity index is 0.000000131. The number of nitrogens with two attached hydrogens (primary N) is 1. The molecule has 2 aliphatic carbocycles. The fourth-order valence-electron chi connectivity index (χ4n) is 2.12. The predicted octanol–water partition coefficient (Wildman–Crippen LogP) is 2.04. The standard InChI is InChI=1S/C8H11N3.C8H7N3/c2*9-3-8-10-4-7(5-11-8)6-1-2-6/h4-6H,1-3,9H2;4-6H,1-2H2. The van der Waals surface area contributed by atoms with E-state index in [1.807, 2.05) is 18.5 Å². The van der Waals surface area contributed by atoms with Gasteiger partial charge in [0, 0.05) is 24.8 Å². The molecule has 0 aliphatic heterocycles. The molecule has 6 nitrogen and oxygen atoms in total. The average molecular weight is 294 g/mol. The molecule has 0 radical (unpaired) electrons. The molecule has 2 fully saturated rings. The largest absolute Gasteiger partial charge is 0.324 e. The molecule has 0 atom stereocenters. The summed E-state index contributed by atoms with van der Waals surface area (Å²) in [5.74, 6) is 2.40. The van der Waals surface area contributed by atoms with E-state index < -0.39 is 0 Å². The topological polar surface area (TPSA) is 101 Å². The van der Waals surface area contributed by atoms with Crippen molar-refractivity contribution in [1.82, 2.24) is 19.9 Å². The molecule has 2 saturated carbocycles. The van der Waals surface area contributed by atoms with E-state index in [9.17, 15) is 0 Å². The van der Waals surface area contributed by atoms with Crippen molar-refractivity contribution in [3.63, 3.8) is 0 Å². The van der Waals surface area contributed by atoms with Crippen molar-refractivity contribution in [3.8, 4) is 6.07 Å². The van der Waals surface area contributed by atoms with Crippen LogP contribution in [0.25, 0.3) is 0 Å². The van der Waals surface area contributed by atoms with Crippen molar-refractivity contribution >= 4 is 0 Å². The minimum absolute atomic E-state index is 0.259. The second-order valence-corrected chi connectivity index (χ2v) is 5.64. The van der Waals surface area contributed by atoms with Gasteiger partial charge in [0.05, 0.1) is 6.54 Å². The number of hydrogen-bond acceptors (Lipinski definition) is 6. The molecule has 2 N–H and O–H groups in total. The van der Waals surface area contributed by atoms with Crippen LogP contribution in [-0.4, -0.2) is 19.9 Å². The lowest BCUT2D eigenvalue weighted by Crippen LogP contribution is -2.02. The maximum absolute atomic E-state index is 8.41. The van der Waals surface area contributed by atoms with Crippen molar-refractivity contribution in [2.24, 2.45) is 5.73 Å². The van der Waals surface area contributed by atoms with E-state index in [0.29, 0.717) is 12.5 Å². The van der Waals surface area contributed by atoms with Gasteiger partial charge in [-0.3, -0.25) is 0 Å². The van der Waals surface area contributed by atoms with Crippen LogP contribution in [0.15, 0.2) is 24.8 Å². The lowest BCUT2D eigenvalue weighted by atomic mass is 10.2. The van der Waals surface area contributed by atoms with E-state index in [1.165, 1.54) is 36.8 Å². The highest BCUT2D eigenvalue weighted by Crippen LogP contribution is 2.39. The number of hydrogen-bond donors (Lipinski definition) is 1. The third-order valence-corrected chi connectivity index (χ3v) is 3.78. The van der Waals surface area contributed by atoms with E-state index in [2.05, 4.69) is 19.9 Å². The molecule has 2 aromatic rings. The summed E-state index contributed by atoms with van der Waals surface area (Å²) in [6.45, 7) is 0.435. The fraction of sp³-hybridized carbons (Fsp3) is 0.438. The Hall–Kier alpha value is -2.39. The molecule has 0 bridgehead atoms. The van der Waals surface area contributed by atoms with Gasteiger partial charge in [0.2, 0.25) is 5.82 Å². The molecule has 2 aliphatic rings. The van der Waals surface area contributed by atoms with Gasteiger partial charge in [0.1, 0.15) is 11.9 Å². The van der Waals surface area contributed by atoms with Crippen LogP contribution in [0.3, 0.4) is 0 Å². The molecular weight excluding hydrogens is 276 g/mol. The molecule has 0 aromatic carbocycles. The lowest BCUT2D eigenvalue weighted by Gasteiger charge is -1.97. The van der Waals surface area contributed by atoms with Crippen LogP contribution in [0.1, 0.15) is 60.3 Å². The SMILES string of the molecule is N#Cc1ncc(C2CC2)cn1.NCc1ncc(C2CC2)cn1. The Morgan fingerprint density at radius 1 is 0.909 bits per heavy atom. The van der Waals surface area contributed by atoms with Crippen molar-refractivity contribution in [2.45, 2.75) is 44.1 Å². The Morgan fingerprint density at radius 2 is 1.36 bits per heavy atom. The Morgan fingerprint density at radius 3 is 1.73 bits per heavy atom. The highest BCUT2D eigenvalue weighted by molar-refractivity contribution is 5.20. The minimum atomic E-state index is 0.259. The quantitative estimate of drug-likeness (QED) is 0.929. The first kappa shape index (κ1) is 14.5. The summed E-state index contributed by atoms with van der Waals surface area (Å²) in [6, 6.07) is 1.89. The molecule has 6 heteroatoms. The smallest absolute Gasteiger partial charge is 0.232 e. The molecule has 22 heavy (non-hydrogen) atoms. The first-order valence-corrected chi connectivity index (χ1v) is 7.53. The third kappa shape index (κ3) is 3.83. The average Bonchev–Trinajstić information content (AvgIpc) is 3.48. The summed E-state index contributed by atoms with van der Waals surface area (Å²) in [6.07, 6.45) is 12.4. The van der Waals surface area contributed by atoms with Crippen LogP contribution >= 0.6 is 0 Å². The summed E-state index contributed by atoms with van der Waals surface area (Å²) in [5.41, 5.74) is 7.80. The molecular formula is C16H18N6. The number of nitrogens with zero attached hydrogens (tertiary/aromatic N) is 5. The van der Waals surface area contributed by atoms with Crippen molar-refractivity contribution in [3.05, 3.63) is 47.6 Å². The van der Waals surface area contributed by atoms with Gasteiger partial charge in [-0.2, -0.15) is 5.26 Å². The van der Waals surface area contributed by atoms with Crippen LogP contribution in [-0.2, 0) is 6.54 Å². The normalized spacial score (nSPS) is 16.4. The van der Waals surface area contributed by atoms with E-state index in [1.54, 1.807) is 12.4 Å². The Bertz CT molecular complexity index is 651. The van der Waals surface area contributed by atoms with Gasteiger partial charge in [-0.1, -0.05) is 0 Å².